The molecule has 234 valence electrons. The molecule has 0 unspecified atom stereocenters. The summed E-state index contributed by atoms with van der Waals surface area (Å²) >= 11 is 0. The number of allylic oxidation sites excluding steroid dienone is 2. The van der Waals surface area contributed by atoms with Crippen LogP contribution in [0.25, 0.3) is 11.1 Å². The zero-order valence-corrected chi connectivity index (χ0v) is 28.8. The Labute approximate surface area is 274 Å². The van der Waals surface area contributed by atoms with Gasteiger partial charge in [0.05, 0.1) is 5.41 Å². The van der Waals surface area contributed by atoms with E-state index in [0.29, 0.717) is 0 Å². The van der Waals surface area contributed by atoms with Crippen LogP contribution in [0, 0.1) is 0 Å². The minimum absolute atomic E-state index is 0.132. The molecular weight excluding hydrogens is 540 g/mol. The van der Waals surface area contributed by atoms with Gasteiger partial charge in [0.15, 0.2) is 0 Å². The second-order valence-corrected chi connectivity index (χ2v) is 13.9. The highest BCUT2D eigenvalue weighted by Gasteiger charge is 2.47. The van der Waals surface area contributed by atoms with Crippen molar-refractivity contribution in [1.82, 2.24) is 0 Å². The Bertz CT molecular complexity index is 1500. The van der Waals surface area contributed by atoms with Crippen molar-refractivity contribution < 1.29 is 0 Å². The lowest BCUT2D eigenvalue weighted by atomic mass is 9.65. The molecule has 0 amide bonds. The minimum atomic E-state index is -0.407. The standard InChI is InChI=1S/C45H54/c1-9-15-17-33-19-23-35(24-20-33)45(36-25-21-34(22-26-36)18-16-10-2)41-31-37(43(7,11-3)12-4)27-29-39(41)40-30-28-38(32-42(40)45)44(8,13-5)14-6/h9-10,19-32H,1-2,11-18H2,3-8H3. The summed E-state index contributed by atoms with van der Waals surface area (Å²) in [5.41, 5.74) is 13.8. The largest absolute Gasteiger partial charge is 0.103 e. The van der Waals surface area contributed by atoms with Crippen LogP contribution in [0.1, 0.15) is 125 Å². The molecule has 0 spiro atoms. The minimum Gasteiger partial charge on any atom is -0.103 e. The summed E-state index contributed by atoms with van der Waals surface area (Å²) in [6.45, 7) is 22.2. The monoisotopic (exact) mass is 594 g/mol. The molecule has 0 nitrogen and oxygen atoms in total. The Morgan fingerprint density at radius 1 is 0.533 bits per heavy atom. The maximum atomic E-state index is 3.96. The molecule has 0 atom stereocenters. The summed E-state index contributed by atoms with van der Waals surface area (Å²) in [7, 11) is 0. The molecule has 0 fully saturated rings. The third kappa shape index (κ3) is 5.67. The molecule has 4 aromatic carbocycles. The molecule has 0 bridgehead atoms. The summed E-state index contributed by atoms with van der Waals surface area (Å²) < 4.78 is 0. The maximum Gasteiger partial charge on any atom is 0.0713 e. The maximum absolute atomic E-state index is 3.96. The van der Waals surface area contributed by atoms with Gasteiger partial charge in [0.25, 0.3) is 0 Å². The molecule has 0 saturated carbocycles. The van der Waals surface area contributed by atoms with Crippen LogP contribution >= 0.6 is 0 Å². The van der Waals surface area contributed by atoms with Gasteiger partial charge in [0.2, 0.25) is 0 Å². The van der Waals surface area contributed by atoms with Gasteiger partial charge >= 0.3 is 0 Å². The molecule has 1 aliphatic rings. The van der Waals surface area contributed by atoms with Crippen LogP contribution in [0.4, 0.5) is 0 Å². The third-order valence-corrected chi connectivity index (χ3v) is 11.7. The average Bonchev–Trinajstić information content (AvgIpc) is 3.39. The van der Waals surface area contributed by atoms with Crippen molar-refractivity contribution in [3.63, 3.8) is 0 Å². The van der Waals surface area contributed by atoms with E-state index in [1.54, 1.807) is 0 Å². The van der Waals surface area contributed by atoms with Crippen LogP contribution in [0.15, 0.2) is 110 Å². The summed E-state index contributed by atoms with van der Waals surface area (Å²) in [6.07, 6.45) is 12.5. The topological polar surface area (TPSA) is 0 Å². The number of fused-ring (bicyclic) bond motifs is 3. The molecule has 0 radical (unpaired) electrons. The van der Waals surface area contributed by atoms with E-state index in [4.69, 9.17) is 0 Å². The second kappa shape index (κ2) is 13.4. The Morgan fingerprint density at radius 3 is 1.20 bits per heavy atom. The first-order valence-corrected chi connectivity index (χ1v) is 17.5. The van der Waals surface area contributed by atoms with Gasteiger partial charge in [-0.2, -0.15) is 0 Å². The first kappa shape index (κ1) is 32.7. The Hall–Kier alpha value is -3.64. The van der Waals surface area contributed by atoms with Crippen molar-refractivity contribution in [2.24, 2.45) is 0 Å². The van der Waals surface area contributed by atoms with E-state index < -0.39 is 5.41 Å². The summed E-state index contributed by atoms with van der Waals surface area (Å²) in [6, 6.07) is 34.0. The first-order valence-electron chi connectivity index (χ1n) is 17.5. The molecule has 0 N–H and O–H groups in total. The van der Waals surface area contributed by atoms with Gasteiger partial charge < -0.3 is 0 Å². The van der Waals surface area contributed by atoms with Gasteiger partial charge in [0, 0.05) is 0 Å². The van der Waals surface area contributed by atoms with Gasteiger partial charge in [-0.3, -0.25) is 0 Å². The van der Waals surface area contributed by atoms with Crippen LogP contribution in [-0.4, -0.2) is 0 Å². The van der Waals surface area contributed by atoms with E-state index in [1.807, 2.05) is 12.2 Å². The van der Waals surface area contributed by atoms with Crippen molar-refractivity contribution in [1.29, 1.82) is 0 Å². The molecule has 0 aromatic heterocycles. The van der Waals surface area contributed by atoms with E-state index in [-0.39, 0.29) is 10.8 Å². The SMILES string of the molecule is C=CCCc1ccc(C2(c3ccc(CCC=C)cc3)c3cc(C(C)(CC)CC)ccc3-c3ccc(C(C)(CC)CC)cc32)cc1. The second-order valence-electron chi connectivity index (χ2n) is 13.9. The van der Waals surface area contributed by atoms with Gasteiger partial charge in [-0.1, -0.05) is 139 Å². The van der Waals surface area contributed by atoms with E-state index >= 15 is 0 Å². The fraction of sp³-hybridized carbons (Fsp3) is 0.378. The highest BCUT2D eigenvalue weighted by atomic mass is 14.5. The van der Waals surface area contributed by atoms with Gasteiger partial charge in [-0.05, 0) is 118 Å². The molecular formula is C45H54. The van der Waals surface area contributed by atoms with Crippen molar-refractivity contribution in [2.75, 3.05) is 0 Å². The molecule has 0 saturated heterocycles. The van der Waals surface area contributed by atoms with Gasteiger partial charge in [-0.25, -0.2) is 0 Å². The molecule has 1 aliphatic carbocycles. The first-order chi connectivity index (χ1) is 21.7. The number of rotatable bonds is 14. The van der Waals surface area contributed by atoms with Crippen LogP contribution < -0.4 is 0 Å². The molecule has 45 heavy (non-hydrogen) atoms. The fourth-order valence-corrected chi connectivity index (χ4v) is 7.56. The van der Waals surface area contributed by atoms with Crippen LogP contribution in [0.5, 0.6) is 0 Å². The van der Waals surface area contributed by atoms with Crippen LogP contribution in [-0.2, 0) is 29.1 Å². The highest BCUT2D eigenvalue weighted by Crippen LogP contribution is 2.58. The Balaban J connectivity index is 1.87. The predicted molar refractivity (Wildman–Crippen MR) is 197 cm³/mol. The Kier molecular flexibility index (Phi) is 9.74. The number of aryl methyl sites for hydroxylation is 2. The predicted octanol–water partition coefficient (Wildman–Crippen LogP) is 12.4. The lowest BCUT2D eigenvalue weighted by Gasteiger charge is -2.37. The summed E-state index contributed by atoms with van der Waals surface area (Å²) in [5, 5.41) is 0. The summed E-state index contributed by atoms with van der Waals surface area (Å²) in [4.78, 5) is 0. The van der Waals surface area contributed by atoms with Crippen LogP contribution in [0.2, 0.25) is 0 Å². The van der Waals surface area contributed by atoms with Crippen molar-refractivity contribution in [2.45, 2.75) is 109 Å². The van der Waals surface area contributed by atoms with Crippen molar-refractivity contribution in [3.05, 3.63) is 155 Å². The van der Waals surface area contributed by atoms with Crippen molar-refractivity contribution >= 4 is 0 Å². The number of hydrogen-bond acceptors (Lipinski definition) is 0. The van der Waals surface area contributed by atoms with E-state index in [1.165, 1.54) is 55.6 Å². The van der Waals surface area contributed by atoms with Crippen LogP contribution in [0.3, 0.4) is 0 Å². The zero-order valence-electron chi connectivity index (χ0n) is 28.8. The zero-order chi connectivity index (χ0) is 32.2. The molecule has 0 aliphatic heterocycles. The van der Waals surface area contributed by atoms with Gasteiger partial charge in [-0.15, -0.1) is 13.2 Å². The Morgan fingerprint density at radius 2 is 0.889 bits per heavy atom. The molecule has 5 rings (SSSR count). The van der Waals surface area contributed by atoms with Crippen molar-refractivity contribution in [3.8, 4) is 11.1 Å². The number of hydrogen-bond donors (Lipinski definition) is 0. The highest BCUT2D eigenvalue weighted by molar-refractivity contribution is 5.87. The molecule has 4 aromatic rings. The van der Waals surface area contributed by atoms with E-state index in [9.17, 15) is 0 Å². The molecule has 0 heterocycles. The lowest BCUT2D eigenvalue weighted by molar-refractivity contribution is 0.437. The molecule has 0 heteroatoms. The smallest absolute Gasteiger partial charge is 0.0713 e. The quantitative estimate of drug-likeness (QED) is 0.112. The third-order valence-electron chi connectivity index (χ3n) is 11.7. The van der Waals surface area contributed by atoms with E-state index in [2.05, 4.69) is 140 Å². The number of benzene rings is 4. The fourth-order valence-electron chi connectivity index (χ4n) is 7.56. The average molecular weight is 595 g/mol. The lowest BCUT2D eigenvalue weighted by Crippen LogP contribution is -2.30. The normalized spacial score (nSPS) is 13.7. The summed E-state index contributed by atoms with van der Waals surface area (Å²) in [5.74, 6) is 0. The van der Waals surface area contributed by atoms with E-state index in [0.717, 1.165) is 51.4 Å². The van der Waals surface area contributed by atoms with Gasteiger partial charge in [0.1, 0.15) is 0 Å².